The molecule has 1 fully saturated rings. The van der Waals surface area contributed by atoms with Crippen molar-refractivity contribution in [2.75, 3.05) is 24.3 Å². The first-order valence-corrected chi connectivity index (χ1v) is 10.7. The number of nitrogens with zero attached hydrogens (tertiary/aromatic N) is 3. The standard InChI is InChI=1S/C23H25N7O3/c1-3-27-30-23(32)16-13-26-19(29-22(31)14-8-9-14)12-18(16)28-17-7-4-6-15(20(17)33-2)21-24-10-5-11-25-21/h4-7,10-14,27H,3,8-9H2,1-2H3,(H,30,32)(H2,26,28,29,31). The van der Waals surface area contributed by atoms with Crippen molar-refractivity contribution in [3.8, 4) is 17.1 Å². The molecule has 10 heteroatoms. The monoisotopic (exact) mass is 447 g/mol. The zero-order valence-corrected chi connectivity index (χ0v) is 18.4. The summed E-state index contributed by atoms with van der Waals surface area (Å²) in [5, 5.41) is 6.07. The highest BCUT2D eigenvalue weighted by Crippen LogP contribution is 2.37. The van der Waals surface area contributed by atoms with Crippen molar-refractivity contribution in [2.24, 2.45) is 5.92 Å². The second-order valence-corrected chi connectivity index (χ2v) is 7.45. The molecule has 0 atom stereocenters. The van der Waals surface area contributed by atoms with Crippen LogP contribution in [0.15, 0.2) is 48.9 Å². The SMILES string of the molecule is CCNNC(=O)c1cnc(NC(=O)C2CC2)cc1Nc1cccc(-c2ncccn2)c1OC. The van der Waals surface area contributed by atoms with Gasteiger partial charge in [-0.2, -0.15) is 0 Å². The Hall–Kier alpha value is -4.05. The molecule has 0 unspecified atom stereocenters. The molecule has 0 spiro atoms. The highest BCUT2D eigenvalue weighted by Gasteiger charge is 2.30. The lowest BCUT2D eigenvalue weighted by molar-refractivity contribution is -0.117. The third-order valence-electron chi connectivity index (χ3n) is 5.02. The predicted molar refractivity (Wildman–Crippen MR) is 124 cm³/mol. The number of pyridine rings is 1. The number of hydrogen-bond acceptors (Lipinski definition) is 8. The van der Waals surface area contributed by atoms with Gasteiger partial charge in [-0.05, 0) is 31.0 Å². The number of para-hydroxylation sites is 1. The maximum atomic E-state index is 12.7. The Morgan fingerprint density at radius 1 is 1.09 bits per heavy atom. The number of amides is 2. The molecule has 4 N–H and O–H groups in total. The summed E-state index contributed by atoms with van der Waals surface area (Å²) in [6.45, 7) is 2.43. The Labute approximate surface area is 191 Å². The van der Waals surface area contributed by atoms with Crippen LogP contribution in [0.5, 0.6) is 5.75 Å². The number of carbonyl (C=O) groups is 2. The van der Waals surface area contributed by atoms with Crippen LogP contribution in [0.2, 0.25) is 0 Å². The third-order valence-corrected chi connectivity index (χ3v) is 5.02. The fraction of sp³-hybridized carbons (Fsp3) is 0.261. The van der Waals surface area contributed by atoms with E-state index >= 15 is 0 Å². The Bertz CT molecular complexity index is 1150. The van der Waals surface area contributed by atoms with Crippen molar-refractivity contribution >= 4 is 29.0 Å². The van der Waals surface area contributed by atoms with Crippen LogP contribution in [-0.4, -0.2) is 40.4 Å². The molecule has 0 saturated heterocycles. The molecule has 1 saturated carbocycles. The number of anilines is 3. The van der Waals surface area contributed by atoms with Crippen molar-refractivity contribution in [1.29, 1.82) is 0 Å². The van der Waals surface area contributed by atoms with E-state index in [4.69, 9.17) is 4.74 Å². The van der Waals surface area contributed by atoms with Gasteiger partial charge >= 0.3 is 0 Å². The first-order valence-electron chi connectivity index (χ1n) is 10.7. The number of aromatic nitrogens is 3. The molecule has 0 bridgehead atoms. The molecule has 1 aliphatic carbocycles. The summed E-state index contributed by atoms with van der Waals surface area (Å²) in [5.41, 5.74) is 7.46. The molecule has 4 rings (SSSR count). The number of methoxy groups -OCH3 is 1. The summed E-state index contributed by atoms with van der Waals surface area (Å²) < 4.78 is 5.66. The van der Waals surface area contributed by atoms with Gasteiger partial charge < -0.3 is 15.4 Å². The average molecular weight is 447 g/mol. The highest BCUT2D eigenvalue weighted by molar-refractivity contribution is 6.01. The van der Waals surface area contributed by atoms with Gasteiger partial charge in [0.1, 0.15) is 5.82 Å². The van der Waals surface area contributed by atoms with Gasteiger partial charge in [0.05, 0.1) is 29.6 Å². The topological polar surface area (TPSA) is 130 Å². The van der Waals surface area contributed by atoms with E-state index in [1.807, 2.05) is 25.1 Å². The van der Waals surface area contributed by atoms with Crippen LogP contribution >= 0.6 is 0 Å². The van der Waals surface area contributed by atoms with Crippen molar-refractivity contribution in [3.63, 3.8) is 0 Å². The fourth-order valence-electron chi connectivity index (χ4n) is 3.23. The lowest BCUT2D eigenvalue weighted by Crippen LogP contribution is -2.37. The van der Waals surface area contributed by atoms with Crippen LogP contribution in [0.1, 0.15) is 30.1 Å². The first kappa shape index (κ1) is 22.2. The van der Waals surface area contributed by atoms with Gasteiger partial charge in [-0.15, -0.1) is 0 Å². The van der Waals surface area contributed by atoms with Gasteiger partial charge in [-0.25, -0.2) is 20.4 Å². The van der Waals surface area contributed by atoms with Gasteiger partial charge in [0.2, 0.25) is 5.91 Å². The Morgan fingerprint density at radius 2 is 1.88 bits per heavy atom. The van der Waals surface area contributed by atoms with Gasteiger partial charge in [-0.1, -0.05) is 13.0 Å². The number of hydrogen-bond donors (Lipinski definition) is 4. The van der Waals surface area contributed by atoms with E-state index in [0.717, 1.165) is 12.8 Å². The smallest absolute Gasteiger partial charge is 0.269 e. The van der Waals surface area contributed by atoms with Gasteiger partial charge in [0.25, 0.3) is 5.91 Å². The Kier molecular flexibility index (Phi) is 6.75. The summed E-state index contributed by atoms with van der Waals surface area (Å²) >= 11 is 0. The average Bonchev–Trinajstić information content (AvgIpc) is 3.69. The molecule has 2 amide bonds. The molecule has 2 heterocycles. The number of nitrogens with one attached hydrogen (secondary N) is 4. The quantitative estimate of drug-likeness (QED) is 0.369. The minimum absolute atomic E-state index is 0.0302. The van der Waals surface area contributed by atoms with E-state index in [9.17, 15) is 9.59 Å². The maximum Gasteiger partial charge on any atom is 0.269 e. The zero-order valence-electron chi connectivity index (χ0n) is 18.4. The number of benzene rings is 1. The van der Waals surface area contributed by atoms with Gasteiger partial charge in [-0.3, -0.25) is 15.0 Å². The zero-order chi connectivity index (χ0) is 23.2. The molecule has 170 valence electrons. The summed E-state index contributed by atoms with van der Waals surface area (Å²) in [6, 6.07) is 8.88. The molecule has 2 aromatic heterocycles. The van der Waals surface area contributed by atoms with E-state index in [2.05, 4.69) is 36.4 Å². The van der Waals surface area contributed by atoms with Crippen molar-refractivity contribution < 1.29 is 14.3 Å². The second-order valence-electron chi connectivity index (χ2n) is 7.45. The van der Waals surface area contributed by atoms with E-state index in [-0.39, 0.29) is 17.7 Å². The first-order chi connectivity index (χ1) is 16.1. The third kappa shape index (κ3) is 5.24. The lowest BCUT2D eigenvalue weighted by atomic mass is 10.1. The predicted octanol–water partition coefficient (Wildman–Crippen LogP) is 2.89. The minimum Gasteiger partial charge on any atom is -0.494 e. The molecule has 3 aromatic rings. The molecular formula is C23H25N7O3. The molecule has 1 aromatic carbocycles. The molecular weight excluding hydrogens is 422 g/mol. The molecule has 0 radical (unpaired) electrons. The molecule has 33 heavy (non-hydrogen) atoms. The summed E-state index contributed by atoms with van der Waals surface area (Å²) in [5.74, 6) is 0.975. The Balaban J connectivity index is 1.70. The van der Waals surface area contributed by atoms with Gasteiger partial charge in [0, 0.05) is 37.1 Å². The van der Waals surface area contributed by atoms with Crippen molar-refractivity contribution in [2.45, 2.75) is 19.8 Å². The van der Waals surface area contributed by atoms with Crippen LogP contribution in [0.3, 0.4) is 0 Å². The fourth-order valence-corrected chi connectivity index (χ4v) is 3.23. The van der Waals surface area contributed by atoms with Crippen LogP contribution in [-0.2, 0) is 4.79 Å². The van der Waals surface area contributed by atoms with E-state index in [1.165, 1.54) is 6.20 Å². The molecule has 1 aliphatic rings. The van der Waals surface area contributed by atoms with E-state index in [0.29, 0.717) is 46.4 Å². The maximum absolute atomic E-state index is 12.7. The molecule has 0 aliphatic heterocycles. The van der Waals surface area contributed by atoms with Crippen molar-refractivity contribution in [1.82, 2.24) is 25.8 Å². The Morgan fingerprint density at radius 3 is 2.58 bits per heavy atom. The summed E-state index contributed by atoms with van der Waals surface area (Å²) in [6.07, 6.45) is 6.50. The van der Waals surface area contributed by atoms with Crippen LogP contribution in [0.25, 0.3) is 11.4 Å². The number of hydrazine groups is 1. The highest BCUT2D eigenvalue weighted by atomic mass is 16.5. The van der Waals surface area contributed by atoms with E-state index in [1.54, 1.807) is 31.6 Å². The number of carbonyl (C=O) groups excluding carboxylic acids is 2. The van der Waals surface area contributed by atoms with E-state index < -0.39 is 0 Å². The normalized spacial score (nSPS) is 12.7. The second kappa shape index (κ2) is 10.0. The van der Waals surface area contributed by atoms with Gasteiger partial charge in [0.15, 0.2) is 11.6 Å². The number of rotatable bonds is 9. The summed E-state index contributed by atoms with van der Waals surface area (Å²) in [7, 11) is 1.56. The summed E-state index contributed by atoms with van der Waals surface area (Å²) in [4.78, 5) is 37.8. The number of ether oxygens (including phenoxy) is 1. The van der Waals surface area contributed by atoms with Crippen LogP contribution < -0.4 is 26.2 Å². The lowest BCUT2D eigenvalue weighted by Gasteiger charge is -2.17. The molecule has 10 nitrogen and oxygen atoms in total. The van der Waals surface area contributed by atoms with Crippen LogP contribution in [0, 0.1) is 5.92 Å². The van der Waals surface area contributed by atoms with Crippen LogP contribution in [0.4, 0.5) is 17.2 Å². The van der Waals surface area contributed by atoms with Crippen molar-refractivity contribution in [3.05, 3.63) is 54.5 Å². The minimum atomic E-state index is -0.367. The largest absolute Gasteiger partial charge is 0.494 e.